The van der Waals surface area contributed by atoms with E-state index in [9.17, 15) is 17.6 Å². The molecule has 0 unspecified atom stereocenters. The van der Waals surface area contributed by atoms with Gasteiger partial charge in [-0.3, -0.25) is 9.78 Å². The van der Waals surface area contributed by atoms with E-state index in [1.807, 2.05) is 17.0 Å². The average molecular weight is 546 g/mol. The smallest absolute Gasteiger partial charge is 0.307 e. The van der Waals surface area contributed by atoms with Crippen LogP contribution in [0.25, 0.3) is 0 Å². The number of piperidine rings is 1. The minimum Gasteiger partial charge on any atom is -0.481 e. The van der Waals surface area contributed by atoms with Gasteiger partial charge >= 0.3 is 5.97 Å². The Hall–Kier alpha value is -3.31. The molecule has 0 spiro atoms. The van der Waals surface area contributed by atoms with Crippen LogP contribution in [0.2, 0.25) is 5.02 Å². The minimum absolute atomic E-state index is 0.00300. The van der Waals surface area contributed by atoms with E-state index in [-0.39, 0.29) is 34.5 Å². The van der Waals surface area contributed by atoms with Crippen molar-refractivity contribution in [1.82, 2.24) is 15.0 Å². The van der Waals surface area contributed by atoms with E-state index in [0.717, 1.165) is 24.6 Å². The maximum absolute atomic E-state index is 14.8. The normalized spacial score (nSPS) is 17.3. The van der Waals surface area contributed by atoms with Crippen molar-refractivity contribution in [3.63, 3.8) is 0 Å². The monoisotopic (exact) mass is 545 g/mol. The van der Waals surface area contributed by atoms with Gasteiger partial charge in [0.2, 0.25) is 5.95 Å². The number of fused-ring (bicyclic) bond motifs is 1. The molecule has 37 heavy (non-hydrogen) atoms. The molecule has 2 aromatic heterocycles. The molecule has 0 atom stereocenters. The fourth-order valence-electron chi connectivity index (χ4n) is 4.81. The number of rotatable bonds is 6. The number of pyridine rings is 1. The molecule has 2 aliphatic heterocycles. The lowest BCUT2D eigenvalue weighted by Crippen LogP contribution is -2.35. The molecule has 1 aromatic carbocycles. The number of benzene rings is 1. The number of carbonyl (C=O) groups is 1. The van der Waals surface area contributed by atoms with Crippen LogP contribution in [0.1, 0.15) is 42.1 Å². The van der Waals surface area contributed by atoms with Gasteiger partial charge in [-0.1, -0.05) is 17.7 Å². The highest BCUT2D eigenvalue weighted by atomic mass is 35.5. The van der Waals surface area contributed by atoms with Crippen molar-refractivity contribution in [3.8, 4) is 0 Å². The highest BCUT2D eigenvalue weighted by Crippen LogP contribution is 2.35. The predicted molar refractivity (Wildman–Crippen MR) is 137 cm³/mol. The van der Waals surface area contributed by atoms with E-state index >= 15 is 0 Å². The van der Waals surface area contributed by atoms with Gasteiger partial charge in [-0.2, -0.15) is 4.98 Å². The van der Waals surface area contributed by atoms with Crippen LogP contribution in [0.3, 0.4) is 0 Å². The molecule has 9 nitrogen and oxygen atoms in total. The molecule has 2 aliphatic rings. The number of aliphatic carboxylic acids is 1. The second-order valence-corrected chi connectivity index (χ2v) is 11.7. The molecule has 0 amide bonds. The van der Waals surface area contributed by atoms with Gasteiger partial charge in [-0.15, -0.1) is 0 Å². The molecule has 3 aromatic rings. The third-order valence-corrected chi connectivity index (χ3v) is 8.75. The summed E-state index contributed by atoms with van der Waals surface area (Å²) in [6.07, 6.45) is 3.88. The minimum atomic E-state index is -3.65. The number of hydrogen-bond donors (Lipinski definition) is 2. The third kappa shape index (κ3) is 5.52. The van der Waals surface area contributed by atoms with Crippen molar-refractivity contribution in [2.24, 2.45) is 0 Å². The van der Waals surface area contributed by atoms with Gasteiger partial charge in [0.05, 0.1) is 28.6 Å². The van der Waals surface area contributed by atoms with E-state index in [2.05, 4.69) is 20.3 Å². The maximum Gasteiger partial charge on any atom is 0.307 e. The van der Waals surface area contributed by atoms with Crippen molar-refractivity contribution in [3.05, 3.63) is 64.3 Å². The quantitative estimate of drug-likeness (QED) is 0.470. The summed E-state index contributed by atoms with van der Waals surface area (Å²) in [4.78, 5) is 26.6. The Morgan fingerprint density at radius 2 is 1.97 bits per heavy atom. The van der Waals surface area contributed by atoms with Gasteiger partial charge in [-0.25, -0.2) is 17.8 Å². The fraction of sp³-hybridized carbons (Fsp3) is 0.360. The number of nitrogens with one attached hydrogen (secondary N) is 1. The van der Waals surface area contributed by atoms with E-state index in [1.54, 1.807) is 6.20 Å². The summed E-state index contributed by atoms with van der Waals surface area (Å²) in [7, 11) is -3.65. The summed E-state index contributed by atoms with van der Waals surface area (Å²) in [5.41, 5.74) is 1.70. The second-order valence-electron chi connectivity index (χ2n) is 9.24. The van der Waals surface area contributed by atoms with Crippen molar-refractivity contribution in [2.45, 2.75) is 42.9 Å². The SMILES string of the molecule is O=C(O)Cc1ccc(Nc2nc(N3CCC(c4ccc(Cl)cn4)CC3)nc3c2S(=O)(=O)CCC3)c(F)c1. The third-order valence-electron chi connectivity index (χ3n) is 6.65. The Kier molecular flexibility index (Phi) is 7.00. The van der Waals surface area contributed by atoms with Gasteiger partial charge in [0.25, 0.3) is 0 Å². The van der Waals surface area contributed by atoms with Gasteiger partial charge < -0.3 is 15.3 Å². The summed E-state index contributed by atoms with van der Waals surface area (Å²) < 4.78 is 40.7. The van der Waals surface area contributed by atoms with Crippen LogP contribution in [0, 0.1) is 5.82 Å². The van der Waals surface area contributed by atoms with Gasteiger partial charge in [0.15, 0.2) is 15.7 Å². The standard InChI is InChI=1S/C25H25ClFN5O4S/c26-17-4-6-19(28-14-17)16-7-9-32(10-8-16)25-30-21-2-1-11-37(35,36)23(21)24(31-25)29-20-5-3-15(12-18(20)27)13-22(33)34/h3-6,12,14,16H,1-2,7-11,13H2,(H,33,34)(H,29,30,31). The number of aryl methyl sites for hydroxylation is 1. The van der Waals surface area contributed by atoms with Crippen molar-refractivity contribution >= 4 is 44.9 Å². The zero-order valence-corrected chi connectivity index (χ0v) is 21.4. The van der Waals surface area contributed by atoms with Crippen LogP contribution >= 0.6 is 11.6 Å². The molecular weight excluding hydrogens is 521 g/mol. The highest BCUT2D eigenvalue weighted by Gasteiger charge is 2.32. The number of hydrogen-bond acceptors (Lipinski definition) is 8. The predicted octanol–water partition coefficient (Wildman–Crippen LogP) is 4.14. The lowest BCUT2D eigenvalue weighted by Gasteiger charge is -2.32. The average Bonchev–Trinajstić information content (AvgIpc) is 2.85. The zero-order valence-electron chi connectivity index (χ0n) is 19.8. The number of aromatic nitrogens is 3. The highest BCUT2D eigenvalue weighted by molar-refractivity contribution is 7.91. The lowest BCUT2D eigenvalue weighted by atomic mass is 9.93. The summed E-state index contributed by atoms with van der Waals surface area (Å²) in [5.74, 6) is -1.11. The topological polar surface area (TPSA) is 125 Å². The molecule has 194 valence electrons. The molecule has 1 saturated heterocycles. The van der Waals surface area contributed by atoms with Crippen LogP contribution in [-0.2, 0) is 27.5 Å². The first kappa shape index (κ1) is 25.3. The van der Waals surface area contributed by atoms with Crippen LogP contribution in [-0.4, -0.2) is 53.3 Å². The lowest BCUT2D eigenvalue weighted by molar-refractivity contribution is -0.136. The molecule has 0 saturated carbocycles. The first-order chi connectivity index (χ1) is 17.7. The summed E-state index contributed by atoms with van der Waals surface area (Å²) in [5, 5.41) is 12.4. The van der Waals surface area contributed by atoms with Crippen LogP contribution < -0.4 is 10.2 Å². The molecular formula is C25H25ClFN5O4S. The second kappa shape index (κ2) is 10.2. The van der Waals surface area contributed by atoms with E-state index < -0.39 is 21.6 Å². The van der Waals surface area contributed by atoms with Crippen molar-refractivity contribution in [1.29, 1.82) is 0 Å². The summed E-state index contributed by atoms with van der Waals surface area (Å²) in [6, 6.07) is 7.75. The van der Waals surface area contributed by atoms with Crippen LogP contribution in [0.4, 0.5) is 21.8 Å². The summed E-state index contributed by atoms with van der Waals surface area (Å²) in [6.45, 7) is 1.30. The number of nitrogens with zero attached hydrogens (tertiary/aromatic N) is 4. The van der Waals surface area contributed by atoms with Gasteiger partial charge in [0, 0.05) is 30.9 Å². The van der Waals surface area contributed by atoms with Crippen LogP contribution in [0.15, 0.2) is 41.4 Å². The molecule has 4 heterocycles. The molecule has 5 rings (SSSR count). The number of carboxylic acid groups (broad SMARTS) is 1. The number of sulfone groups is 1. The van der Waals surface area contributed by atoms with Gasteiger partial charge in [-0.05, 0) is 55.5 Å². The van der Waals surface area contributed by atoms with E-state index in [4.69, 9.17) is 16.7 Å². The van der Waals surface area contributed by atoms with E-state index in [0.29, 0.717) is 48.2 Å². The van der Waals surface area contributed by atoms with Crippen molar-refractivity contribution in [2.75, 3.05) is 29.1 Å². The molecule has 2 N–H and O–H groups in total. The molecule has 1 fully saturated rings. The fourth-order valence-corrected chi connectivity index (χ4v) is 6.55. The first-order valence-corrected chi connectivity index (χ1v) is 14.0. The Bertz CT molecular complexity index is 1440. The zero-order chi connectivity index (χ0) is 26.2. The molecule has 0 bridgehead atoms. The number of carboxylic acids is 1. The first-order valence-electron chi connectivity index (χ1n) is 12.0. The summed E-state index contributed by atoms with van der Waals surface area (Å²) >= 11 is 5.96. The van der Waals surface area contributed by atoms with Gasteiger partial charge in [0.1, 0.15) is 10.7 Å². The Morgan fingerprint density at radius 1 is 1.19 bits per heavy atom. The van der Waals surface area contributed by atoms with E-state index in [1.165, 1.54) is 12.1 Å². The maximum atomic E-state index is 14.8. The Labute approximate surface area is 218 Å². The Morgan fingerprint density at radius 3 is 2.65 bits per heavy atom. The number of anilines is 3. The number of halogens is 2. The molecule has 12 heteroatoms. The largest absolute Gasteiger partial charge is 0.481 e. The van der Waals surface area contributed by atoms with Crippen molar-refractivity contribution < 1.29 is 22.7 Å². The molecule has 0 aliphatic carbocycles. The Balaban J connectivity index is 1.44. The molecule has 0 radical (unpaired) electrons. The van der Waals surface area contributed by atoms with Crippen LogP contribution in [0.5, 0.6) is 0 Å².